The summed E-state index contributed by atoms with van der Waals surface area (Å²) in [5, 5.41) is 2.89. The topological polar surface area (TPSA) is 55.1 Å². The lowest BCUT2D eigenvalue weighted by molar-refractivity contribution is -0.122. The Kier molecular flexibility index (Phi) is 5.16. The van der Waals surface area contributed by atoms with Crippen molar-refractivity contribution in [1.82, 2.24) is 5.32 Å². The fourth-order valence-electron chi connectivity index (χ4n) is 1.21. The zero-order valence-corrected chi connectivity index (χ0v) is 12.8. The second kappa shape index (κ2) is 5.98. The number of nitrogens with one attached hydrogen (secondary N) is 1. The van der Waals surface area contributed by atoms with Crippen LogP contribution in [0.2, 0.25) is 0 Å². The van der Waals surface area contributed by atoms with Gasteiger partial charge >= 0.3 is 0 Å². The molecule has 1 atom stereocenters. The number of amides is 1. The molecule has 96 valence electrons. The quantitative estimate of drug-likeness (QED) is 0.896. The van der Waals surface area contributed by atoms with Crippen LogP contribution >= 0.6 is 27.3 Å². The summed E-state index contributed by atoms with van der Waals surface area (Å²) in [6.07, 6.45) is 0.371. The Hall–Kier alpha value is -0.390. The van der Waals surface area contributed by atoms with Gasteiger partial charge in [0.25, 0.3) is 0 Å². The summed E-state index contributed by atoms with van der Waals surface area (Å²) in [5.74, 6) is 0.0111. The van der Waals surface area contributed by atoms with E-state index in [0.29, 0.717) is 13.0 Å². The van der Waals surface area contributed by atoms with Gasteiger partial charge in [-0.15, -0.1) is 11.3 Å². The van der Waals surface area contributed by atoms with Crippen molar-refractivity contribution < 1.29 is 4.79 Å². The number of hydrogen-bond donors (Lipinski definition) is 2. The van der Waals surface area contributed by atoms with Crippen LogP contribution in [0, 0.1) is 5.41 Å². The Morgan fingerprint density at radius 3 is 2.65 bits per heavy atom. The molecule has 5 heteroatoms. The third-order valence-corrected chi connectivity index (χ3v) is 4.23. The molecule has 0 fully saturated rings. The predicted octanol–water partition coefficient (Wildman–Crippen LogP) is 2.89. The number of hydrogen-bond acceptors (Lipinski definition) is 3. The van der Waals surface area contributed by atoms with Crippen LogP contribution < -0.4 is 11.1 Å². The predicted molar refractivity (Wildman–Crippen MR) is 75.9 cm³/mol. The normalized spacial score (nSPS) is 13.5. The lowest BCUT2D eigenvalue weighted by Crippen LogP contribution is -2.39. The maximum Gasteiger partial charge on any atom is 0.221 e. The van der Waals surface area contributed by atoms with Gasteiger partial charge in [0.15, 0.2) is 0 Å². The summed E-state index contributed by atoms with van der Waals surface area (Å²) in [6, 6.07) is 3.86. The highest BCUT2D eigenvalue weighted by atomic mass is 79.9. The van der Waals surface area contributed by atoms with Crippen molar-refractivity contribution in [2.24, 2.45) is 11.1 Å². The van der Waals surface area contributed by atoms with E-state index in [-0.39, 0.29) is 17.4 Å². The van der Waals surface area contributed by atoms with Gasteiger partial charge in [-0.25, -0.2) is 0 Å². The van der Waals surface area contributed by atoms with Gasteiger partial charge in [0.05, 0.1) is 10.3 Å². The minimum Gasteiger partial charge on any atom is -0.351 e. The lowest BCUT2D eigenvalue weighted by atomic mass is 9.85. The lowest BCUT2D eigenvalue weighted by Gasteiger charge is -2.26. The highest BCUT2D eigenvalue weighted by Crippen LogP contribution is 2.22. The van der Waals surface area contributed by atoms with E-state index in [1.165, 1.54) is 0 Å². The van der Waals surface area contributed by atoms with Crippen LogP contribution in [-0.2, 0) is 11.3 Å². The summed E-state index contributed by atoms with van der Waals surface area (Å²) in [6.45, 7) is 6.70. The summed E-state index contributed by atoms with van der Waals surface area (Å²) < 4.78 is 1.08. The smallest absolute Gasteiger partial charge is 0.221 e. The maximum absolute atomic E-state index is 11.7. The van der Waals surface area contributed by atoms with Crippen LogP contribution in [-0.4, -0.2) is 11.9 Å². The van der Waals surface area contributed by atoms with Crippen molar-refractivity contribution in [1.29, 1.82) is 0 Å². The van der Waals surface area contributed by atoms with Crippen molar-refractivity contribution in [3.05, 3.63) is 20.8 Å². The first kappa shape index (κ1) is 14.7. The molecule has 1 unspecified atom stereocenters. The van der Waals surface area contributed by atoms with Crippen molar-refractivity contribution in [3.63, 3.8) is 0 Å². The Morgan fingerprint density at radius 2 is 2.18 bits per heavy atom. The van der Waals surface area contributed by atoms with Gasteiger partial charge in [-0.2, -0.15) is 0 Å². The number of carbonyl (C=O) groups is 1. The zero-order valence-electron chi connectivity index (χ0n) is 10.4. The van der Waals surface area contributed by atoms with Crippen LogP contribution in [0.15, 0.2) is 15.9 Å². The minimum atomic E-state index is -0.113. The average molecular weight is 319 g/mol. The van der Waals surface area contributed by atoms with Gasteiger partial charge < -0.3 is 11.1 Å². The van der Waals surface area contributed by atoms with Crippen LogP contribution in [0.1, 0.15) is 32.1 Å². The highest BCUT2D eigenvalue weighted by Gasteiger charge is 2.22. The third-order valence-electron chi connectivity index (χ3n) is 2.61. The van der Waals surface area contributed by atoms with E-state index in [4.69, 9.17) is 5.73 Å². The number of rotatable bonds is 4. The molecule has 0 bridgehead atoms. The summed E-state index contributed by atoms with van der Waals surface area (Å²) in [5.41, 5.74) is 5.92. The molecule has 1 rings (SSSR count). The molecule has 0 aliphatic heterocycles. The second-order valence-electron chi connectivity index (χ2n) is 5.16. The van der Waals surface area contributed by atoms with Crippen LogP contribution in [0.5, 0.6) is 0 Å². The molecular weight excluding hydrogens is 300 g/mol. The minimum absolute atomic E-state index is 0.0111. The van der Waals surface area contributed by atoms with Gasteiger partial charge in [-0.3, -0.25) is 4.79 Å². The molecule has 0 aliphatic carbocycles. The first-order chi connectivity index (χ1) is 7.79. The van der Waals surface area contributed by atoms with Crippen LogP contribution in [0.3, 0.4) is 0 Å². The molecule has 0 saturated carbocycles. The number of carbonyl (C=O) groups excluding carboxylic acids is 1. The SMILES string of the molecule is CC(C)(C)C(N)CC(=O)NCc1ccc(Br)s1. The molecule has 1 aromatic rings. The fourth-order valence-corrected chi connectivity index (χ4v) is 2.63. The van der Waals surface area contributed by atoms with Crippen molar-refractivity contribution in [2.45, 2.75) is 39.8 Å². The molecule has 1 heterocycles. The summed E-state index contributed by atoms with van der Waals surface area (Å²) >= 11 is 5.02. The van der Waals surface area contributed by atoms with Gasteiger partial charge in [-0.05, 0) is 33.5 Å². The molecule has 3 nitrogen and oxygen atoms in total. The summed E-state index contributed by atoms with van der Waals surface area (Å²) in [7, 11) is 0. The molecule has 0 saturated heterocycles. The number of nitrogens with two attached hydrogens (primary N) is 1. The second-order valence-corrected chi connectivity index (χ2v) is 7.71. The first-order valence-corrected chi connectivity index (χ1v) is 7.16. The number of halogens is 1. The van der Waals surface area contributed by atoms with E-state index < -0.39 is 0 Å². The van der Waals surface area contributed by atoms with Crippen LogP contribution in [0.25, 0.3) is 0 Å². The van der Waals surface area contributed by atoms with E-state index in [2.05, 4.69) is 21.2 Å². The van der Waals surface area contributed by atoms with Crippen molar-refractivity contribution in [3.8, 4) is 0 Å². The number of thiophene rings is 1. The zero-order chi connectivity index (χ0) is 13.1. The van der Waals surface area contributed by atoms with Gasteiger partial charge in [0.2, 0.25) is 5.91 Å². The first-order valence-electron chi connectivity index (χ1n) is 5.55. The van der Waals surface area contributed by atoms with Gasteiger partial charge in [-0.1, -0.05) is 20.8 Å². The Labute approximate surface area is 115 Å². The van der Waals surface area contributed by atoms with E-state index in [0.717, 1.165) is 8.66 Å². The molecule has 0 radical (unpaired) electrons. The van der Waals surface area contributed by atoms with Gasteiger partial charge in [0.1, 0.15) is 0 Å². The van der Waals surface area contributed by atoms with Gasteiger partial charge in [0, 0.05) is 17.3 Å². The molecule has 1 aromatic heterocycles. The van der Waals surface area contributed by atoms with Crippen molar-refractivity contribution >= 4 is 33.2 Å². The molecule has 1 amide bonds. The van der Waals surface area contributed by atoms with E-state index in [1.807, 2.05) is 32.9 Å². The molecule has 17 heavy (non-hydrogen) atoms. The van der Waals surface area contributed by atoms with E-state index in [9.17, 15) is 4.79 Å². The largest absolute Gasteiger partial charge is 0.351 e. The molecule has 3 N–H and O–H groups in total. The van der Waals surface area contributed by atoms with Crippen molar-refractivity contribution in [2.75, 3.05) is 0 Å². The maximum atomic E-state index is 11.7. The average Bonchev–Trinajstić information content (AvgIpc) is 2.60. The standard InChI is InChI=1S/C12H19BrN2OS/c1-12(2,3)9(14)6-11(16)15-7-8-4-5-10(13)17-8/h4-5,9H,6-7,14H2,1-3H3,(H,15,16). The highest BCUT2D eigenvalue weighted by molar-refractivity contribution is 9.11. The monoisotopic (exact) mass is 318 g/mol. The van der Waals surface area contributed by atoms with E-state index >= 15 is 0 Å². The fraction of sp³-hybridized carbons (Fsp3) is 0.583. The molecule has 0 aliphatic rings. The Balaban J connectivity index is 2.36. The molecular formula is C12H19BrN2OS. The summed E-state index contributed by atoms with van der Waals surface area (Å²) in [4.78, 5) is 12.8. The molecule has 0 aromatic carbocycles. The Morgan fingerprint density at radius 1 is 1.53 bits per heavy atom. The Bertz CT molecular complexity index is 384. The van der Waals surface area contributed by atoms with E-state index in [1.54, 1.807) is 11.3 Å². The molecule has 0 spiro atoms. The van der Waals surface area contributed by atoms with Crippen LogP contribution in [0.4, 0.5) is 0 Å². The third kappa shape index (κ3) is 5.19.